The van der Waals surface area contributed by atoms with Gasteiger partial charge in [0.2, 0.25) is 10.0 Å². The van der Waals surface area contributed by atoms with Crippen LogP contribution in [0.2, 0.25) is 0 Å². The average Bonchev–Trinajstić information content (AvgIpc) is 3.12. The summed E-state index contributed by atoms with van der Waals surface area (Å²) in [5.41, 5.74) is -0.773. The molecule has 1 unspecified atom stereocenters. The van der Waals surface area contributed by atoms with Crippen LogP contribution in [0.3, 0.4) is 0 Å². The number of hydrogen-bond acceptors (Lipinski definition) is 5. The van der Waals surface area contributed by atoms with Crippen LogP contribution in [0.1, 0.15) is 32.1 Å². The van der Waals surface area contributed by atoms with Gasteiger partial charge in [-0.05, 0) is 45.2 Å². The van der Waals surface area contributed by atoms with Crippen LogP contribution >= 0.6 is 0 Å². The van der Waals surface area contributed by atoms with Crippen LogP contribution in [0.25, 0.3) is 0 Å². The molecule has 2 saturated heterocycles. The predicted octanol–water partition coefficient (Wildman–Crippen LogP) is 0.411. The number of aromatic amines is 1. The number of hydrogen-bond donors (Lipinski definition) is 2. The summed E-state index contributed by atoms with van der Waals surface area (Å²) in [5.74, 6) is 0. The molecule has 1 aromatic heterocycles. The standard InChI is InChI=1S/C14H24N4O3S/c19-14(12-17-6-1-2-7-17)4-3-8-18(9-5-14)22(20,21)13-10-15-16-11-13/h10-11,19H,1-9,12H2,(H,15,16). The highest BCUT2D eigenvalue weighted by atomic mass is 32.2. The van der Waals surface area contributed by atoms with Crippen molar-refractivity contribution in [2.45, 2.75) is 42.6 Å². The molecule has 3 rings (SSSR count). The van der Waals surface area contributed by atoms with Gasteiger partial charge in [-0.15, -0.1) is 0 Å². The van der Waals surface area contributed by atoms with Crippen LogP contribution in [0.5, 0.6) is 0 Å². The summed E-state index contributed by atoms with van der Waals surface area (Å²) in [6.45, 7) is 3.55. The number of likely N-dealkylation sites (tertiary alicyclic amines) is 1. The molecule has 2 fully saturated rings. The fourth-order valence-corrected chi connectivity index (χ4v) is 4.83. The van der Waals surface area contributed by atoms with Gasteiger partial charge in [-0.1, -0.05) is 0 Å². The maximum Gasteiger partial charge on any atom is 0.246 e. The molecular weight excluding hydrogens is 304 g/mol. The van der Waals surface area contributed by atoms with Crippen molar-refractivity contribution in [1.82, 2.24) is 19.4 Å². The van der Waals surface area contributed by atoms with Crippen molar-refractivity contribution in [1.29, 1.82) is 0 Å². The molecule has 0 saturated carbocycles. The van der Waals surface area contributed by atoms with E-state index in [0.717, 1.165) is 13.1 Å². The second-order valence-electron chi connectivity index (χ2n) is 6.40. The van der Waals surface area contributed by atoms with Crippen LogP contribution in [-0.2, 0) is 10.0 Å². The molecule has 22 heavy (non-hydrogen) atoms. The first kappa shape index (κ1) is 15.9. The Morgan fingerprint density at radius 1 is 1.18 bits per heavy atom. The number of nitrogens with one attached hydrogen (secondary N) is 1. The van der Waals surface area contributed by atoms with Crippen molar-refractivity contribution in [2.24, 2.45) is 0 Å². The van der Waals surface area contributed by atoms with Gasteiger partial charge in [0.15, 0.2) is 0 Å². The highest BCUT2D eigenvalue weighted by Crippen LogP contribution is 2.27. The van der Waals surface area contributed by atoms with Gasteiger partial charge in [0, 0.05) is 25.8 Å². The third-order valence-electron chi connectivity index (χ3n) is 4.70. The number of H-pyrrole nitrogens is 1. The van der Waals surface area contributed by atoms with Gasteiger partial charge in [0.1, 0.15) is 4.90 Å². The van der Waals surface area contributed by atoms with Crippen molar-refractivity contribution in [3.8, 4) is 0 Å². The quantitative estimate of drug-likeness (QED) is 0.836. The Bertz CT molecular complexity index is 583. The first-order valence-corrected chi connectivity index (χ1v) is 9.37. The van der Waals surface area contributed by atoms with Crippen molar-refractivity contribution in [3.05, 3.63) is 12.4 Å². The molecule has 0 bridgehead atoms. The zero-order valence-corrected chi connectivity index (χ0v) is 13.6. The van der Waals surface area contributed by atoms with E-state index >= 15 is 0 Å². The minimum atomic E-state index is -3.50. The van der Waals surface area contributed by atoms with Crippen molar-refractivity contribution < 1.29 is 13.5 Å². The number of sulfonamides is 1. The second kappa shape index (κ2) is 6.27. The Balaban J connectivity index is 1.66. The Hall–Kier alpha value is -0.960. The maximum atomic E-state index is 12.5. The van der Waals surface area contributed by atoms with Gasteiger partial charge < -0.3 is 10.0 Å². The van der Waals surface area contributed by atoms with Crippen LogP contribution in [-0.4, -0.2) is 71.3 Å². The van der Waals surface area contributed by atoms with Gasteiger partial charge >= 0.3 is 0 Å². The van der Waals surface area contributed by atoms with Gasteiger partial charge in [-0.2, -0.15) is 9.40 Å². The maximum absolute atomic E-state index is 12.5. The molecule has 8 heteroatoms. The minimum absolute atomic E-state index is 0.192. The molecule has 0 aliphatic carbocycles. The lowest BCUT2D eigenvalue weighted by Gasteiger charge is -2.31. The van der Waals surface area contributed by atoms with Gasteiger partial charge in [-0.25, -0.2) is 8.42 Å². The lowest BCUT2D eigenvalue weighted by atomic mass is 9.94. The van der Waals surface area contributed by atoms with Crippen molar-refractivity contribution in [2.75, 3.05) is 32.7 Å². The molecule has 2 aliphatic rings. The van der Waals surface area contributed by atoms with E-state index in [0.29, 0.717) is 38.9 Å². The molecular formula is C14H24N4O3S. The summed E-state index contributed by atoms with van der Waals surface area (Å²) < 4.78 is 26.5. The minimum Gasteiger partial charge on any atom is -0.389 e. The summed E-state index contributed by atoms with van der Waals surface area (Å²) >= 11 is 0. The van der Waals surface area contributed by atoms with Gasteiger partial charge in [0.25, 0.3) is 0 Å². The molecule has 2 N–H and O–H groups in total. The van der Waals surface area contributed by atoms with E-state index < -0.39 is 15.6 Å². The summed E-state index contributed by atoms with van der Waals surface area (Å²) in [6.07, 6.45) is 6.93. The first-order valence-electron chi connectivity index (χ1n) is 7.93. The number of nitrogens with zero attached hydrogens (tertiary/aromatic N) is 3. The Morgan fingerprint density at radius 3 is 2.64 bits per heavy atom. The molecule has 0 amide bonds. The van der Waals surface area contributed by atoms with Crippen molar-refractivity contribution in [3.63, 3.8) is 0 Å². The Labute approximate surface area is 131 Å². The molecule has 7 nitrogen and oxygen atoms in total. The summed E-state index contributed by atoms with van der Waals surface area (Å²) in [4.78, 5) is 2.48. The van der Waals surface area contributed by atoms with E-state index in [1.54, 1.807) is 0 Å². The normalized spacial score (nSPS) is 28.8. The van der Waals surface area contributed by atoms with E-state index in [9.17, 15) is 13.5 Å². The Morgan fingerprint density at radius 2 is 1.95 bits per heavy atom. The fourth-order valence-electron chi connectivity index (χ4n) is 3.44. The molecule has 1 aromatic rings. The topological polar surface area (TPSA) is 89.5 Å². The van der Waals surface area contributed by atoms with Crippen LogP contribution in [0, 0.1) is 0 Å². The lowest BCUT2D eigenvalue weighted by molar-refractivity contribution is -0.00200. The smallest absolute Gasteiger partial charge is 0.246 e. The summed E-state index contributed by atoms with van der Waals surface area (Å²) in [7, 11) is -3.50. The number of β-amino-alcohol motifs (C(OH)–C–C–N with tert-alkyl or cyclic N) is 1. The molecule has 2 aliphatic heterocycles. The largest absolute Gasteiger partial charge is 0.389 e. The van der Waals surface area contributed by atoms with Crippen LogP contribution in [0.15, 0.2) is 17.3 Å². The first-order chi connectivity index (χ1) is 10.5. The van der Waals surface area contributed by atoms with E-state index in [2.05, 4.69) is 15.1 Å². The van der Waals surface area contributed by atoms with Crippen molar-refractivity contribution >= 4 is 10.0 Å². The number of rotatable bonds is 4. The van der Waals surface area contributed by atoms with E-state index in [1.165, 1.54) is 29.5 Å². The number of aromatic nitrogens is 2. The van der Waals surface area contributed by atoms with E-state index in [1.807, 2.05) is 0 Å². The molecule has 3 heterocycles. The van der Waals surface area contributed by atoms with Crippen LogP contribution < -0.4 is 0 Å². The highest BCUT2D eigenvalue weighted by molar-refractivity contribution is 7.89. The van der Waals surface area contributed by atoms with E-state index in [-0.39, 0.29) is 4.90 Å². The molecule has 124 valence electrons. The number of aliphatic hydroxyl groups is 1. The average molecular weight is 328 g/mol. The third kappa shape index (κ3) is 3.34. The molecule has 0 spiro atoms. The molecule has 1 atom stereocenters. The summed E-state index contributed by atoms with van der Waals surface area (Å²) in [6, 6.07) is 0. The predicted molar refractivity (Wildman–Crippen MR) is 81.8 cm³/mol. The lowest BCUT2D eigenvalue weighted by Crippen LogP contribution is -2.43. The molecule has 0 aromatic carbocycles. The monoisotopic (exact) mass is 328 g/mol. The second-order valence-corrected chi connectivity index (χ2v) is 8.34. The molecule has 0 radical (unpaired) electrons. The zero-order valence-electron chi connectivity index (χ0n) is 12.7. The third-order valence-corrected chi connectivity index (χ3v) is 6.57. The fraction of sp³-hybridized carbons (Fsp3) is 0.786. The van der Waals surface area contributed by atoms with Gasteiger partial charge in [-0.3, -0.25) is 5.10 Å². The Kier molecular flexibility index (Phi) is 4.54. The summed E-state index contributed by atoms with van der Waals surface area (Å²) in [5, 5.41) is 17.1. The van der Waals surface area contributed by atoms with Gasteiger partial charge in [0.05, 0.1) is 11.8 Å². The van der Waals surface area contributed by atoms with E-state index in [4.69, 9.17) is 0 Å². The SMILES string of the molecule is O=S(=O)(c1cn[nH]c1)N1CCCC(O)(CN2CCCC2)CC1. The van der Waals surface area contributed by atoms with Crippen LogP contribution in [0.4, 0.5) is 0 Å². The zero-order chi connectivity index (χ0) is 15.6. The highest BCUT2D eigenvalue weighted by Gasteiger charge is 2.36.